The van der Waals surface area contributed by atoms with Crippen LogP contribution in [0.25, 0.3) is 0 Å². The van der Waals surface area contributed by atoms with Crippen LogP contribution in [0.2, 0.25) is 0 Å². The number of hydrogen-bond donors (Lipinski definition) is 1. The highest BCUT2D eigenvalue weighted by molar-refractivity contribution is 7.71. The maximum atomic E-state index is 5.21. The summed E-state index contributed by atoms with van der Waals surface area (Å²) in [6.45, 7) is 5.34. The molecule has 1 aromatic heterocycles. The Bertz CT molecular complexity index is 360. The van der Waals surface area contributed by atoms with E-state index in [1.54, 1.807) is 0 Å². The third kappa shape index (κ3) is 2.05. The average molecular weight is 211 g/mol. The number of aromatic nitrogens is 3. The van der Waals surface area contributed by atoms with Gasteiger partial charge in [-0.15, -0.1) is 0 Å². The third-order valence-corrected chi connectivity index (χ3v) is 3.07. The Morgan fingerprint density at radius 1 is 1.57 bits per heavy atom. The predicted molar refractivity (Wildman–Crippen MR) is 58.8 cm³/mol. The molecule has 0 atom stereocenters. The number of nitrogens with zero attached hydrogens (tertiary/aromatic N) is 2. The molecule has 3 nitrogen and oxygen atoms in total. The van der Waals surface area contributed by atoms with Crippen molar-refractivity contribution in [2.24, 2.45) is 5.92 Å². The summed E-state index contributed by atoms with van der Waals surface area (Å²) in [6, 6.07) is 0. The Kier molecular flexibility index (Phi) is 2.72. The van der Waals surface area contributed by atoms with Crippen molar-refractivity contribution in [3.05, 3.63) is 10.6 Å². The van der Waals surface area contributed by atoms with Crippen molar-refractivity contribution in [3.8, 4) is 0 Å². The molecule has 0 radical (unpaired) electrons. The Morgan fingerprint density at radius 2 is 2.29 bits per heavy atom. The quantitative estimate of drug-likeness (QED) is 0.777. The number of rotatable bonds is 4. The topological polar surface area (TPSA) is 33.6 Å². The molecule has 1 aliphatic carbocycles. The summed E-state index contributed by atoms with van der Waals surface area (Å²) >= 11 is 5.21. The second kappa shape index (κ2) is 3.85. The van der Waals surface area contributed by atoms with Gasteiger partial charge in [0.2, 0.25) is 0 Å². The van der Waals surface area contributed by atoms with E-state index in [2.05, 4.69) is 28.6 Å². The van der Waals surface area contributed by atoms with Crippen LogP contribution in [-0.4, -0.2) is 14.8 Å². The highest BCUT2D eigenvalue weighted by Gasteiger charge is 2.21. The molecule has 0 amide bonds. The number of nitrogens with one attached hydrogen (secondary N) is 1. The van der Waals surface area contributed by atoms with Gasteiger partial charge in [0, 0.05) is 12.5 Å². The standard InChI is InChI=1S/C10H17N3S/c1-7(2)9-11-12-10(14)13(9)6-5-8-3-4-8/h7-8H,3-6H2,1-2H3,(H,12,14). The smallest absolute Gasteiger partial charge is 0.195 e. The molecule has 0 aromatic carbocycles. The minimum absolute atomic E-state index is 0.446. The van der Waals surface area contributed by atoms with Gasteiger partial charge < -0.3 is 4.57 Å². The van der Waals surface area contributed by atoms with E-state index in [1.165, 1.54) is 19.3 Å². The monoisotopic (exact) mass is 211 g/mol. The van der Waals surface area contributed by atoms with Crippen molar-refractivity contribution < 1.29 is 0 Å². The first-order valence-corrected chi connectivity index (χ1v) is 5.74. The summed E-state index contributed by atoms with van der Waals surface area (Å²) in [4.78, 5) is 0. The highest BCUT2D eigenvalue weighted by Crippen LogP contribution is 2.33. The van der Waals surface area contributed by atoms with E-state index in [-0.39, 0.29) is 0 Å². The summed E-state index contributed by atoms with van der Waals surface area (Å²) in [6.07, 6.45) is 4.07. The fourth-order valence-electron chi connectivity index (χ4n) is 1.70. The fourth-order valence-corrected chi connectivity index (χ4v) is 1.94. The second-order valence-electron chi connectivity index (χ2n) is 4.43. The summed E-state index contributed by atoms with van der Waals surface area (Å²) in [5, 5.41) is 7.14. The third-order valence-electron chi connectivity index (χ3n) is 2.76. The van der Waals surface area contributed by atoms with Gasteiger partial charge in [-0.3, -0.25) is 5.10 Å². The molecule has 14 heavy (non-hydrogen) atoms. The lowest BCUT2D eigenvalue weighted by Crippen LogP contribution is -2.06. The van der Waals surface area contributed by atoms with Crippen LogP contribution in [0.1, 0.15) is 44.9 Å². The normalized spacial score (nSPS) is 16.5. The largest absolute Gasteiger partial charge is 0.304 e. The average Bonchev–Trinajstić information content (AvgIpc) is 2.87. The molecule has 4 heteroatoms. The van der Waals surface area contributed by atoms with Crippen LogP contribution in [0.15, 0.2) is 0 Å². The molecule has 0 unspecified atom stereocenters. The van der Waals surface area contributed by atoms with E-state index in [0.717, 1.165) is 23.1 Å². The van der Waals surface area contributed by atoms with Gasteiger partial charge in [-0.05, 0) is 24.6 Å². The van der Waals surface area contributed by atoms with Gasteiger partial charge in [-0.25, -0.2) is 0 Å². The zero-order chi connectivity index (χ0) is 10.1. The van der Waals surface area contributed by atoms with Gasteiger partial charge in [0.15, 0.2) is 4.77 Å². The molecule has 2 rings (SSSR count). The van der Waals surface area contributed by atoms with Crippen molar-refractivity contribution >= 4 is 12.2 Å². The Morgan fingerprint density at radius 3 is 2.86 bits per heavy atom. The predicted octanol–water partition coefficient (Wildman–Crippen LogP) is 2.86. The minimum Gasteiger partial charge on any atom is -0.304 e. The van der Waals surface area contributed by atoms with Crippen LogP contribution in [0.3, 0.4) is 0 Å². The Labute approximate surface area is 89.5 Å². The SMILES string of the molecule is CC(C)c1n[nH]c(=S)n1CCC1CC1. The molecular weight excluding hydrogens is 194 g/mol. The summed E-state index contributed by atoms with van der Waals surface area (Å²) in [7, 11) is 0. The van der Waals surface area contributed by atoms with Crippen molar-refractivity contribution in [1.82, 2.24) is 14.8 Å². The lowest BCUT2D eigenvalue weighted by atomic mass is 10.2. The molecule has 1 aromatic rings. The molecular formula is C10H17N3S. The molecule has 0 spiro atoms. The van der Waals surface area contributed by atoms with Gasteiger partial charge >= 0.3 is 0 Å². The van der Waals surface area contributed by atoms with Gasteiger partial charge in [0.1, 0.15) is 5.82 Å². The maximum Gasteiger partial charge on any atom is 0.195 e. The number of hydrogen-bond acceptors (Lipinski definition) is 2. The van der Waals surface area contributed by atoms with Gasteiger partial charge in [0.05, 0.1) is 0 Å². The Balaban J connectivity index is 2.11. The first-order valence-electron chi connectivity index (χ1n) is 5.33. The maximum absolute atomic E-state index is 5.21. The van der Waals surface area contributed by atoms with Crippen molar-refractivity contribution in [2.75, 3.05) is 0 Å². The lowest BCUT2D eigenvalue weighted by Gasteiger charge is -2.08. The van der Waals surface area contributed by atoms with Gasteiger partial charge in [0.25, 0.3) is 0 Å². The molecule has 1 fully saturated rings. The fraction of sp³-hybridized carbons (Fsp3) is 0.800. The van der Waals surface area contributed by atoms with Crippen molar-refractivity contribution in [3.63, 3.8) is 0 Å². The van der Waals surface area contributed by atoms with Gasteiger partial charge in [-0.1, -0.05) is 26.7 Å². The van der Waals surface area contributed by atoms with Crippen LogP contribution in [-0.2, 0) is 6.54 Å². The summed E-state index contributed by atoms with van der Waals surface area (Å²) in [5.41, 5.74) is 0. The summed E-state index contributed by atoms with van der Waals surface area (Å²) in [5.74, 6) is 2.49. The molecule has 0 bridgehead atoms. The first kappa shape index (κ1) is 9.90. The van der Waals surface area contributed by atoms with Crippen LogP contribution in [0, 0.1) is 10.7 Å². The van der Waals surface area contributed by atoms with Crippen LogP contribution >= 0.6 is 12.2 Å². The van der Waals surface area contributed by atoms with Crippen LogP contribution < -0.4 is 0 Å². The van der Waals surface area contributed by atoms with Crippen LogP contribution in [0.4, 0.5) is 0 Å². The zero-order valence-corrected chi connectivity index (χ0v) is 9.60. The molecule has 1 aliphatic rings. The minimum atomic E-state index is 0.446. The van der Waals surface area contributed by atoms with E-state index >= 15 is 0 Å². The second-order valence-corrected chi connectivity index (χ2v) is 4.81. The molecule has 1 heterocycles. The molecule has 1 saturated carbocycles. The van der Waals surface area contributed by atoms with Crippen molar-refractivity contribution in [1.29, 1.82) is 0 Å². The Hall–Kier alpha value is -0.640. The van der Waals surface area contributed by atoms with E-state index in [4.69, 9.17) is 12.2 Å². The highest BCUT2D eigenvalue weighted by atomic mass is 32.1. The van der Waals surface area contributed by atoms with E-state index in [0.29, 0.717) is 5.92 Å². The molecule has 0 aliphatic heterocycles. The van der Waals surface area contributed by atoms with E-state index in [9.17, 15) is 0 Å². The zero-order valence-electron chi connectivity index (χ0n) is 8.79. The molecule has 0 saturated heterocycles. The number of aromatic amines is 1. The van der Waals surface area contributed by atoms with E-state index in [1.807, 2.05) is 0 Å². The van der Waals surface area contributed by atoms with E-state index < -0.39 is 0 Å². The number of H-pyrrole nitrogens is 1. The van der Waals surface area contributed by atoms with Crippen LogP contribution in [0.5, 0.6) is 0 Å². The van der Waals surface area contributed by atoms with Crippen molar-refractivity contribution in [2.45, 2.75) is 45.6 Å². The first-order chi connectivity index (χ1) is 6.68. The summed E-state index contributed by atoms with van der Waals surface area (Å²) < 4.78 is 2.92. The molecule has 1 N–H and O–H groups in total. The lowest BCUT2D eigenvalue weighted by molar-refractivity contribution is 0.555. The van der Waals surface area contributed by atoms with Gasteiger partial charge in [-0.2, -0.15) is 5.10 Å². The molecule has 78 valence electrons.